The third-order valence-electron chi connectivity index (χ3n) is 14.2. The van der Waals surface area contributed by atoms with Gasteiger partial charge in [0.15, 0.2) is 0 Å². The molecule has 358 valence electrons. The number of hydrogen-bond donors (Lipinski definition) is 0. The molecule has 0 unspecified atom stereocenters. The molecule has 0 aliphatic heterocycles. The van der Waals surface area contributed by atoms with E-state index in [1.165, 1.54) is 22.3 Å². The Morgan fingerprint density at radius 3 is 1.74 bits per heavy atom. The zero-order valence-corrected chi connectivity index (χ0v) is 44.0. The summed E-state index contributed by atoms with van der Waals surface area (Å²) < 4.78 is 13.5. The summed E-state index contributed by atoms with van der Waals surface area (Å²) in [4.78, 5) is 4.91. The van der Waals surface area contributed by atoms with Crippen LogP contribution in [0.25, 0.3) is 61.3 Å². The molecule has 0 N–H and O–H groups in total. The molecule has 11 aromatic rings. The molecule has 0 fully saturated rings. The third kappa shape index (κ3) is 9.15. The van der Waals surface area contributed by atoms with E-state index in [1.54, 1.807) is 0 Å². The second-order valence-electron chi connectivity index (χ2n) is 20.6. The Hall–Kier alpha value is -7.59. The predicted molar refractivity (Wildman–Crippen MR) is 289 cm³/mol. The molecule has 0 atom stereocenters. The summed E-state index contributed by atoms with van der Waals surface area (Å²) in [5.74, 6) is 1.97. The van der Waals surface area contributed by atoms with Gasteiger partial charge in [-0.05, 0) is 85.8 Å². The molecule has 0 aliphatic carbocycles. The minimum atomic E-state index is -0.464. The first-order valence-electron chi connectivity index (χ1n) is 24.4. The predicted octanol–water partition coefficient (Wildman–Crippen LogP) is 15.7. The van der Waals surface area contributed by atoms with Gasteiger partial charge in [0.1, 0.15) is 5.82 Å². The maximum atomic E-state index is 6.96. The number of nitrogens with zero attached hydrogens (tertiary/aromatic N) is 4. The topological polar surface area (TPSA) is 35.9 Å². The van der Waals surface area contributed by atoms with E-state index < -0.39 is 5.41 Å². The van der Waals surface area contributed by atoms with E-state index in [0.29, 0.717) is 11.5 Å². The maximum absolute atomic E-state index is 6.96. The van der Waals surface area contributed by atoms with Gasteiger partial charge in [0.2, 0.25) is 0 Å². The van der Waals surface area contributed by atoms with Crippen molar-refractivity contribution < 1.29 is 30.4 Å². The van der Waals surface area contributed by atoms with E-state index in [2.05, 4.69) is 275 Å². The minimum Gasteiger partial charge on any atom is -0.510 e. The number of fused-ring (bicyclic) bond motifs is 3. The Balaban J connectivity index is 0.00000596. The Morgan fingerprint density at radius 1 is 0.486 bits per heavy atom. The first-order valence-corrected chi connectivity index (χ1v) is 24.4. The SMILES string of the molecule is CC(C)(C)c1ccnc(-n2c3[c-]c(Oc4[c-]c(-n5[c-][n+](-c6cc(-c7ccccc7)cc(C(C)(C)c7ccccc7)c6)cc5C(C)(C)c5ccccc5)cc(-c5ccccc5)c4)ccc3c3ccccc32)c1.[Pt]. The molecule has 0 amide bonds. The summed E-state index contributed by atoms with van der Waals surface area (Å²) in [5, 5.41) is 2.20. The molecule has 0 saturated carbocycles. The van der Waals surface area contributed by atoms with Crippen molar-refractivity contribution in [1.82, 2.24) is 14.1 Å². The van der Waals surface area contributed by atoms with E-state index in [1.807, 2.05) is 18.3 Å². The van der Waals surface area contributed by atoms with Gasteiger partial charge in [-0.3, -0.25) is 4.57 Å². The van der Waals surface area contributed by atoms with Gasteiger partial charge in [0, 0.05) is 61.3 Å². The molecule has 3 heterocycles. The fraction of sp³-hybridized carbons (Fsp3) is 0.152. The Bertz CT molecular complexity index is 3700. The number of pyridine rings is 1. The Morgan fingerprint density at radius 2 is 1.08 bits per heavy atom. The van der Waals surface area contributed by atoms with Gasteiger partial charge < -0.3 is 13.9 Å². The smallest absolute Gasteiger partial charge is 0.267 e. The van der Waals surface area contributed by atoms with Crippen molar-refractivity contribution in [3.05, 3.63) is 259 Å². The number of ether oxygens (including phenoxy) is 1. The quantitative estimate of drug-likeness (QED) is 0.0956. The number of aromatic nitrogens is 4. The van der Waals surface area contributed by atoms with Crippen molar-refractivity contribution in [1.29, 1.82) is 0 Å². The van der Waals surface area contributed by atoms with Crippen LogP contribution in [0.3, 0.4) is 0 Å². The molecular formula is C66H56N4OPt-2. The molecule has 0 spiro atoms. The molecule has 5 nitrogen and oxygen atoms in total. The summed E-state index contributed by atoms with van der Waals surface area (Å²) in [6, 6.07) is 78.1. The van der Waals surface area contributed by atoms with E-state index in [-0.39, 0.29) is 31.9 Å². The van der Waals surface area contributed by atoms with E-state index in [9.17, 15) is 0 Å². The molecule has 0 bridgehead atoms. The minimum absolute atomic E-state index is 0. The normalized spacial score (nSPS) is 12.0. The summed E-state index contributed by atoms with van der Waals surface area (Å²) in [6.45, 7) is 15.9. The van der Waals surface area contributed by atoms with Crippen LogP contribution in [0, 0.1) is 18.5 Å². The summed E-state index contributed by atoms with van der Waals surface area (Å²) >= 11 is 0. The second kappa shape index (κ2) is 19.2. The van der Waals surface area contributed by atoms with Crippen LogP contribution in [0.1, 0.15) is 76.4 Å². The van der Waals surface area contributed by atoms with Crippen LogP contribution < -0.4 is 9.30 Å². The summed E-state index contributed by atoms with van der Waals surface area (Å²) in [6.07, 6.45) is 8.01. The molecule has 0 saturated heterocycles. The van der Waals surface area contributed by atoms with E-state index >= 15 is 0 Å². The summed E-state index contributed by atoms with van der Waals surface area (Å²) in [5.41, 5.74) is 13.2. The van der Waals surface area contributed by atoms with Crippen molar-refractivity contribution in [2.45, 2.75) is 64.7 Å². The molecule has 11 rings (SSSR count). The number of hydrogen-bond acceptors (Lipinski definition) is 2. The molecule has 0 radical (unpaired) electrons. The fourth-order valence-corrected chi connectivity index (χ4v) is 9.86. The fourth-order valence-electron chi connectivity index (χ4n) is 9.86. The van der Waals surface area contributed by atoms with Crippen molar-refractivity contribution >= 4 is 21.8 Å². The van der Waals surface area contributed by atoms with Gasteiger partial charge in [-0.1, -0.05) is 200 Å². The van der Waals surface area contributed by atoms with Crippen molar-refractivity contribution in [3.8, 4) is 50.9 Å². The van der Waals surface area contributed by atoms with Gasteiger partial charge in [-0.2, -0.15) is 12.1 Å². The van der Waals surface area contributed by atoms with Crippen LogP contribution in [-0.4, -0.2) is 14.1 Å². The third-order valence-corrected chi connectivity index (χ3v) is 14.2. The molecule has 6 heteroatoms. The average molecular weight is 1120 g/mol. The van der Waals surface area contributed by atoms with Gasteiger partial charge in [-0.15, -0.1) is 35.2 Å². The van der Waals surface area contributed by atoms with Gasteiger partial charge >= 0.3 is 0 Å². The van der Waals surface area contributed by atoms with Crippen LogP contribution in [0.2, 0.25) is 0 Å². The zero-order chi connectivity index (χ0) is 48.9. The molecule has 0 aliphatic rings. The van der Waals surface area contributed by atoms with Crippen LogP contribution in [0.15, 0.2) is 213 Å². The monoisotopic (exact) mass is 1120 g/mol. The summed E-state index contributed by atoms with van der Waals surface area (Å²) in [7, 11) is 0. The average Bonchev–Trinajstić information content (AvgIpc) is 4.00. The van der Waals surface area contributed by atoms with Crippen LogP contribution in [-0.2, 0) is 37.3 Å². The van der Waals surface area contributed by atoms with Gasteiger partial charge in [0.05, 0.1) is 11.4 Å². The first kappa shape index (κ1) is 48.1. The van der Waals surface area contributed by atoms with E-state index in [4.69, 9.17) is 9.72 Å². The molecular weight excluding hydrogens is 1060 g/mol. The van der Waals surface area contributed by atoms with Gasteiger partial charge in [0.25, 0.3) is 6.33 Å². The maximum Gasteiger partial charge on any atom is 0.267 e. The zero-order valence-electron chi connectivity index (χ0n) is 41.7. The Kier molecular flexibility index (Phi) is 12.8. The van der Waals surface area contributed by atoms with Crippen LogP contribution >= 0.6 is 0 Å². The largest absolute Gasteiger partial charge is 0.510 e. The van der Waals surface area contributed by atoms with E-state index in [0.717, 1.165) is 66.9 Å². The second-order valence-corrected chi connectivity index (χ2v) is 20.6. The van der Waals surface area contributed by atoms with Crippen LogP contribution in [0.5, 0.6) is 11.5 Å². The number of imidazole rings is 1. The number of benzene rings is 8. The molecule has 72 heavy (non-hydrogen) atoms. The molecule has 3 aromatic heterocycles. The molecule has 8 aromatic carbocycles. The van der Waals surface area contributed by atoms with Crippen molar-refractivity contribution in [2.75, 3.05) is 0 Å². The van der Waals surface area contributed by atoms with Gasteiger partial charge in [-0.25, -0.2) is 4.98 Å². The Labute approximate surface area is 438 Å². The van der Waals surface area contributed by atoms with Crippen molar-refractivity contribution in [3.63, 3.8) is 0 Å². The standard InChI is InChI=1S/C66H56N4O.Pt/c1-64(2,3)52-34-35-67-63(41-52)70-60-31-21-20-30-58(60)59-33-32-56(43-61(59)70)71-57-39-49(47-24-14-9-15-25-47)38-55(42-57)69-45-68(44-62(69)66(6,7)51-28-18-11-19-29-51)54-37-48(46-22-12-8-13-23-46)36-53(40-54)65(4,5)50-26-16-10-17-27-50;/h8-41,44H,1-7H3;/q-2;. The first-order chi connectivity index (χ1) is 34.3. The number of para-hydroxylation sites is 1. The van der Waals surface area contributed by atoms with Crippen LogP contribution in [0.4, 0.5) is 0 Å². The van der Waals surface area contributed by atoms with Crippen molar-refractivity contribution in [2.24, 2.45) is 0 Å². The number of rotatable bonds is 11.